The maximum atomic E-state index is 12.1. The summed E-state index contributed by atoms with van der Waals surface area (Å²) in [5, 5.41) is -0.0946. The highest BCUT2D eigenvalue weighted by Crippen LogP contribution is 2.26. The van der Waals surface area contributed by atoms with E-state index in [4.69, 9.17) is 4.74 Å². The van der Waals surface area contributed by atoms with Gasteiger partial charge in [-0.3, -0.25) is 4.79 Å². The molecule has 0 spiro atoms. The molecule has 1 atom stereocenters. The number of unbranched alkanes of at least 4 members (excludes halogenated alkanes) is 5. The van der Waals surface area contributed by atoms with Crippen LogP contribution in [0.4, 0.5) is 0 Å². The first-order valence-electron chi connectivity index (χ1n) is 8.57. The van der Waals surface area contributed by atoms with E-state index in [1.807, 2.05) is 6.92 Å². The van der Waals surface area contributed by atoms with Crippen LogP contribution in [0, 0.1) is 6.92 Å². The van der Waals surface area contributed by atoms with E-state index >= 15 is 0 Å². The van der Waals surface area contributed by atoms with Gasteiger partial charge in [0.15, 0.2) is 0 Å². The van der Waals surface area contributed by atoms with E-state index in [0.29, 0.717) is 6.61 Å². The first-order chi connectivity index (χ1) is 10.7. The number of rotatable bonds is 11. The van der Waals surface area contributed by atoms with Gasteiger partial charge in [0.05, 0.1) is 6.61 Å². The SMILES string of the molecule is CCCCCCCCOC(=O)C(CC)Sc1ccc(C)cc1. The average molecular weight is 323 g/mol. The van der Waals surface area contributed by atoms with Crippen LogP contribution >= 0.6 is 11.8 Å². The number of ether oxygens (including phenoxy) is 1. The Kier molecular flexibility index (Phi) is 10.1. The molecule has 22 heavy (non-hydrogen) atoms. The van der Waals surface area contributed by atoms with Gasteiger partial charge in [-0.15, -0.1) is 11.8 Å². The topological polar surface area (TPSA) is 26.3 Å². The van der Waals surface area contributed by atoms with E-state index in [1.165, 1.54) is 31.2 Å². The van der Waals surface area contributed by atoms with Gasteiger partial charge in [-0.1, -0.05) is 63.6 Å². The van der Waals surface area contributed by atoms with E-state index < -0.39 is 0 Å². The van der Waals surface area contributed by atoms with Crippen molar-refractivity contribution in [1.82, 2.24) is 0 Å². The Morgan fingerprint density at radius 2 is 1.68 bits per heavy atom. The van der Waals surface area contributed by atoms with Crippen LogP contribution in [0.2, 0.25) is 0 Å². The Labute approximate surface area is 140 Å². The number of aryl methyl sites for hydroxylation is 1. The van der Waals surface area contributed by atoms with Crippen molar-refractivity contribution in [3.05, 3.63) is 29.8 Å². The van der Waals surface area contributed by atoms with Gasteiger partial charge in [0.1, 0.15) is 5.25 Å². The van der Waals surface area contributed by atoms with Crippen LogP contribution in [-0.4, -0.2) is 17.8 Å². The van der Waals surface area contributed by atoms with E-state index in [9.17, 15) is 4.79 Å². The van der Waals surface area contributed by atoms with Crippen molar-refractivity contribution in [2.75, 3.05) is 6.61 Å². The van der Waals surface area contributed by atoms with Gasteiger partial charge < -0.3 is 4.74 Å². The molecule has 2 nitrogen and oxygen atoms in total. The zero-order valence-corrected chi connectivity index (χ0v) is 15.1. The van der Waals surface area contributed by atoms with Gasteiger partial charge in [0.25, 0.3) is 0 Å². The molecule has 3 heteroatoms. The number of carbonyl (C=O) groups excluding carboxylic acids is 1. The van der Waals surface area contributed by atoms with Gasteiger partial charge in [0.2, 0.25) is 0 Å². The van der Waals surface area contributed by atoms with Gasteiger partial charge in [-0.05, 0) is 31.9 Å². The highest BCUT2D eigenvalue weighted by molar-refractivity contribution is 8.00. The van der Waals surface area contributed by atoms with Crippen molar-refractivity contribution in [2.24, 2.45) is 0 Å². The van der Waals surface area contributed by atoms with Crippen LogP contribution in [0.15, 0.2) is 29.2 Å². The molecule has 0 radical (unpaired) electrons. The molecule has 0 N–H and O–H groups in total. The third-order valence-electron chi connectivity index (χ3n) is 3.68. The maximum Gasteiger partial charge on any atom is 0.319 e. The second kappa shape index (κ2) is 11.6. The molecular formula is C19H30O2S. The number of hydrogen-bond acceptors (Lipinski definition) is 3. The Bertz CT molecular complexity index is 414. The molecule has 0 saturated carbocycles. The Morgan fingerprint density at radius 1 is 1.05 bits per heavy atom. The Morgan fingerprint density at radius 3 is 2.32 bits per heavy atom. The largest absolute Gasteiger partial charge is 0.465 e. The second-order valence-electron chi connectivity index (χ2n) is 5.76. The average Bonchev–Trinajstić information content (AvgIpc) is 2.53. The molecule has 0 fully saturated rings. The summed E-state index contributed by atoms with van der Waals surface area (Å²) in [6.07, 6.45) is 8.07. The number of benzene rings is 1. The lowest BCUT2D eigenvalue weighted by Gasteiger charge is -2.14. The number of esters is 1. The molecule has 124 valence electrons. The zero-order chi connectivity index (χ0) is 16.2. The summed E-state index contributed by atoms with van der Waals surface area (Å²) in [5.74, 6) is -0.0679. The molecule has 1 aromatic rings. The predicted octanol–water partition coefficient (Wildman–Crippen LogP) is 5.77. The quantitative estimate of drug-likeness (QED) is 0.294. The first kappa shape index (κ1) is 19.1. The highest BCUT2D eigenvalue weighted by atomic mass is 32.2. The lowest BCUT2D eigenvalue weighted by atomic mass is 10.1. The molecule has 0 aromatic heterocycles. The number of carbonyl (C=O) groups is 1. The van der Waals surface area contributed by atoms with Gasteiger partial charge in [-0.25, -0.2) is 0 Å². The molecule has 0 amide bonds. The molecule has 0 aliphatic rings. The van der Waals surface area contributed by atoms with Crippen molar-refractivity contribution in [1.29, 1.82) is 0 Å². The fourth-order valence-corrected chi connectivity index (χ4v) is 3.18. The van der Waals surface area contributed by atoms with Gasteiger partial charge in [0, 0.05) is 4.90 Å². The van der Waals surface area contributed by atoms with Crippen LogP contribution in [0.5, 0.6) is 0 Å². The van der Waals surface area contributed by atoms with Crippen LogP contribution in [0.1, 0.15) is 64.4 Å². The molecule has 0 saturated heterocycles. The summed E-state index contributed by atoms with van der Waals surface area (Å²) >= 11 is 1.61. The minimum atomic E-state index is -0.0946. The molecule has 1 rings (SSSR count). The second-order valence-corrected chi connectivity index (χ2v) is 7.04. The molecule has 0 heterocycles. The molecule has 0 bridgehead atoms. The minimum absolute atomic E-state index is 0.0679. The van der Waals surface area contributed by atoms with E-state index in [1.54, 1.807) is 11.8 Å². The monoisotopic (exact) mass is 322 g/mol. The molecule has 1 aromatic carbocycles. The van der Waals surface area contributed by atoms with E-state index in [0.717, 1.165) is 24.2 Å². The summed E-state index contributed by atoms with van der Waals surface area (Å²) in [7, 11) is 0. The van der Waals surface area contributed by atoms with Crippen molar-refractivity contribution in [3.8, 4) is 0 Å². The predicted molar refractivity (Wildman–Crippen MR) is 95.5 cm³/mol. The van der Waals surface area contributed by atoms with Crippen molar-refractivity contribution >= 4 is 17.7 Å². The fourth-order valence-electron chi connectivity index (χ4n) is 2.23. The van der Waals surface area contributed by atoms with Gasteiger partial charge in [-0.2, -0.15) is 0 Å². The summed E-state index contributed by atoms with van der Waals surface area (Å²) < 4.78 is 5.44. The van der Waals surface area contributed by atoms with E-state index in [2.05, 4.69) is 38.1 Å². The fraction of sp³-hybridized carbons (Fsp3) is 0.632. The number of hydrogen-bond donors (Lipinski definition) is 0. The third kappa shape index (κ3) is 7.88. The lowest BCUT2D eigenvalue weighted by molar-refractivity contribution is -0.143. The van der Waals surface area contributed by atoms with E-state index in [-0.39, 0.29) is 11.2 Å². The normalized spacial score (nSPS) is 12.1. The number of thioether (sulfide) groups is 1. The summed E-state index contributed by atoms with van der Waals surface area (Å²) in [4.78, 5) is 13.3. The molecule has 1 unspecified atom stereocenters. The molecular weight excluding hydrogens is 292 g/mol. The Hall–Kier alpha value is -0.960. The van der Waals surface area contributed by atoms with Crippen molar-refractivity contribution < 1.29 is 9.53 Å². The minimum Gasteiger partial charge on any atom is -0.465 e. The van der Waals surface area contributed by atoms with Crippen LogP contribution in [-0.2, 0) is 9.53 Å². The van der Waals surface area contributed by atoms with Crippen molar-refractivity contribution in [2.45, 2.75) is 75.9 Å². The zero-order valence-electron chi connectivity index (χ0n) is 14.3. The first-order valence-corrected chi connectivity index (χ1v) is 9.45. The maximum absolute atomic E-state index is 12.1. The van der Waals surface area contributed by atoms with Crippen LogP contribution in [0.3, 0.4) is 0 Å². The summed E-state index contributed by atoms with van der Waals surface area (Å²) in [6, 6.07) is 8.31. The summed E-state index contributed by atoms with van der Waals surface area (Å²) in [5.41, 5.74) is 1.24. The standard InChI is InChI=1S/C19H30O2S/c1-4-6-7-8-9-10-15-21-19(20)18(5-2)22-17-13-11-16(3)12-14-17/h11-14,18H,4-10,15H2,1-3H3. The van der Waals surface area contributed by atoms with Gasteiger partial charge >= 0.3 is 5.97 Å². The Balaban J connectivity index is 2.25. The van der Waals surface area contributed by atoms with Crippen molar-refractivity contribution in [3.63, 3.8) is 0 Å². The third-order valence-corrected chi connectivity index (χ3v) is 5.03. The molecule has 0 aliphatic heterocycles. The highest BCUT2D eigenvalue weighted by Gasteiger charge is 2.19. The van der Waals surface area contributed by atoms with Crippen LogP contribution < -0.4 is 0 Å². The lowest BCUT2D eigenvalue weighted by Crippen LogP contribution is -2.20. The summed E-state index contributed by atoms with van der Waals surface area (Å²) in [6.45, 7) is 6.90. The molecule has 0 aliphatic carbocycles. The van der Waals surface area contributed by atoms with Crippen LogP contribution in [0.25, 0.3) is 0 Å². The smallest absolute Gasteiger partial charge is 0.319 e.